The zero-order chi connectivity index (χ0) is 19.5. The maximum Gasteiger partial charge on any atom is 0.224 e. The lowest BCUT2D eigenvalue weighted by molar-refractivity contribution is -0.120. The first-order valence-corrected chi connectivity index (χ1v) is 10.0. The lowest BCUT2D eigenvalue weighted by Gasteiger charge is -2.26. The number of amides is 1. The number of fused-ring (bicyclic) bond motifs is 1. The standard InChI is InChI=1S/C23H27N3O2/c1-16-18-8-3-4-9-20(18)25-17(2)19(16)14-23(27)24-15-21(22-10-7-13-28-22)26-11-5-6-12-26/h3-4,7-10,13,21H,5-6,11-12,14-15H2,1-2H3,(H,24,27). The first kappa shape index (κ1) is 18.7. The molecule has 3 heterocycles. The van der Waals surface area contributed by atoms with Crippen molar-refractivity contribution in [3.63, 3.8) is 0 Å². The van der Waals surface area contributed by atoms with E-state index in [1.54, 1.807) is 6.26 Å². The number of furan rings is 1. The number of nitrogens with zero attached hydrogens (tertiary/aromatic N) is 2. The van der Waals surface area contributed by atoms with Crippen molar-refractivity contribution in [3.05, 3.63) is 65.2 Å². The van der Waals surface area contributed by atoms with Gasteiger partial charge in [0.05, 0.1) is 24.2 Å². The van der Waals surface area contributed by atoms with E-state index in [2.05, 4.69) is 28.2 Å². The summed E-state index contributed by atoms with van der Waals surface area (Å²) in [6.07, 6.45) is 4.45. The summed E-state index contributed by atoms with van der Waals surface area (Å²) in [4.78, 5) is 19.8. The van der Waals surface area contributed by atoms with E-state index in [4.69, 9.17) is 4.42 Å². The van der Waals surface area contributed by atoms with Crippen molar-refractivity contribution in [1.82, 2.24) is 15.2 Å². The van der Waals surface area contributed by atoms with E-state index in [1.165, 1.54) is 12.8 Å². The van der Waals surface area contributed by atoms with Crippen molar-refractivity contribution >= 4 is 16.8 Å². The Morgan fingerprint density at radius 2 is 1.96 bits per heavy atom. The van der Waals surface area contributed by atoms with Crippen LogP contribution in [0.15, 0.2) is 47.1 Å². The van der Waals surface area contributed by atoms with Gasteiger partial charge in [0.2, 0.25) is 5.91 Å². The summed E-state index contributed by atoms with van der Waals surface area (Å²) in [5.74, 6) is 0.945. The zero-order valence-electron chi connectivity index (χ0n) is 16.6. The van der Waals surface area contributed by atoms with Gasteiger partial charge in [-0.2, -0.15) is 0 Å². The first-order valence-electron chi connectivity index (χ1n) is 10.0. The van der Waals surface area contributed by atoms with Gasteiger partial charge in [-0.25, -0.2) is 0 Å². The van der Waals surface area contributed by atoms with Crippen molar-refractivity contribution in [2.45, 2.75) is 39.2 Å². The van der Waals surface area contributed by atoms with Gasteiger partial charge in [-0.05, 0) is 69.1 Å². The molecule has 1 saturated heterocycles. The lowest BCUT2D eigenvalue weighted by atomic mass is 9.99. The third kappa shape index (κ3) is 3.80. The fourth-order valence-corrected chi connectivity index (χ4v) is 4.21. The summed E-state index contributed by atoms with van der Waals surface area (Å²) in [6, 6.07) is 12.1. The van der Waals surface area contributed by atoms with E-state index in [0.717, 1.165) is 46.6 Å². The summed E-state index contributed by atoms with van der Waals surface area (Å²) in [6.45, 7) is 6.72. The minimum absolute atomic E-state index is 0.0269. The molecule has 1 amide bonds. The fourth-order valence-electron chi connectivity index (χ4n) is 4.21. The highest BCUT2D eigenvalue weighted by molar-refractivity contribution is 5.86. The maximum atomic E-state index is 12.8. The van der Waals surface area contributed by atoms with E-state index in [0.29, 0.717) is 13.0 Å². The molecule has 2 aromatic heterocycles. The molecule has 0 bridgehead atoms. The second-order valence-electron chi connectivity index (χ2n) is 7.57. The van der Waals surface area contributed by atoms with Gasteiger partial charge in [-0.3, -0.25) is 14.7 Å². The molecular weight excluding hydrogens is 350 g/mol. The van der Waals surface area contributed by atoms with Crippen LogP contribution < -0.4 is 5.32 Å². The molecule has 0 radical (unpaired) electrons. The van der Waals surface area contributed by atoms with Gasteiger partial charge >= 0.3 is 0 Å². The van der Waals surface area contributed by atoms with E-state index in [-0.39, 0.29) is 11.9 Å². The summed E-state index contributed by atoms with van der Waals surface area (Å²) in [7, 11) is 0. The molecule has 4 rings (SSSR count). The number of para-hydroxylation sites is 1. The molecule has 146 valence electrons. The number of aryl methyl sites for hydroxylation is 2. The molecule has 1 atom stereocenters. The predicted octanol–water partition coefficient (Wildman–Crippen LogP) is 3.94. The van der Waals surface area contributed by atoms with Gasteiger partial charge < -0.3 is 9.73 Å². The Labute approximate surface area is 165 Å². The van der Waals surface area contributed by atoms with E-state index in [1.807, 2.05) is 37.3 Å². The van der Waals surface area contributed by atoms with Crippen LogP contribution >= 0.6 is 0 Å². The number of hydrogen-bond donors (Lipinski definition) is 1. The molecule has 1 unspecified atom stereocenters. The summed E-state index contributed by atoms with van der Waals surface area (Å²) in [5, 5.41) is 4.24. The highest BCUT2D eigenvalue weighted by Gasteiger charge is 2.26. The Balaban J connectivity index is 1.47. The number of nitrogens with one attached hydrogen (secondary N) is 1. The van der Waals surface area contributed by atoms with Crippen LogP contribution in [0, 0.1) is 13.8 Å². The highest BCUT2D eigenvalue weighted by atomic mass is 16.3. The van der Waals surface area contributed by atoms with Gasteiger partial charge in [-0.1, -0.05) is 18.2 Å². The Kier molecular flexibility index (Phi) is 5.44. The minimum atomic E-state index is 0.0269. The second-order valence-corrected chi connectivity index (χ2v) is 7.57. The molecule has 1 aromatic carbocycles. The van der Waals surface area contributed by atoms with Crippen molar-refractivity contribution in [3.8, 4) is 0 Å². The molecule has 1 aliphatic rings. The predicted molar refractivity (Wildman–Crippen MR) is 110 cm³/mol. The van der Waals surface area contributed by atoms with E-state index >= 15 is 0 Å². The lowest BCUT2D eigenvalue weighted by Crippen LogP contribution is -2.37. The van der Waals surface area contributed by atoms with Crippen LogP contribution in [-0.4, -0.2) is 35.4 Å². The molecule has 0 saturated carbocycles. The number of pyridine rings is 1. The largest absolute Gasteiger partial charge is 0.468 e. The van der Waals surface area contributed by atoms with Crippen LogP contribution in [0.3, 0.4) is 0 Å². The highest BCUT2D eigenvalue weighted by Crippen LogP contribution is 2.25. The van der Waals surface area contributed by atoms with E-state index < -0.39 is 0 Å². The fraction of sp³-hybridized carbons (Fsp3) is 0.391. The van der Waals surface area contributed by atoms with Crippen molar-refractivity contribution in [2.24, 2.45) is 0 Å². The smallest absolute Gasteiger partial charge is 0.224 e. The summed E-state index contributed by atoms with van der Waals surface area (Å²) < 4.78 is 5.64. The number of likely N-dealkylation sites (tertiary alicyclic amines) is 1. The molecule has 3 aromatic rings. The van der Waals surface area contributed by atoms with Crippen LogP contribution in [0.4, 0.5) is 0 Å². The number of carbonyl (C=O) groups excluding carboxylic acids is 1. The van der Waals surface area contributed by atoms with Gasteiger partial charge in [-0.15, -0.1) is 0 Å². The molecular formula is C23H27N3O2. The number of carbonyl (C=O) groups is 1. The zero-order valence-corrected chi connectivity index (χ0v) is 16.6. The third-order valence-electron chi connectivity index (χ3n) is 5.77. The van der Waals surface area contributed by atoms with Crippen molar-refractivity contribution in [2.75, 3.05) is 19.6 Å². The van der Waals surface area contributed by atoms with Crippen LogP contribution in [0.1, 0.15) is 41.5 Å². The molecule has 5 heteroatoms. The van der Waals surface area contributed by atoms with Crippen LogP contribution in [0.25, 0.3) is 10.9 Å². The van der Waals surface area contributed by atoms with E-state index in [9.17, 15) is 4.79 Å². The number of rotatable bonds is 6. The maximum absolute atomic E-state index is 12.8. The normalized spacial score (nSPS) is 15.8. The van der Waals surface area contributed by atoms with Gasteiger partial charge in [0.15, 0.2) is 0 Å². The quantitative estimate of drug-likeness (QED) is 0.707. The minimum Gasteiger partial charge on any atom is -0.468 e. The Morgan fingerprint density at radius 1 is 1.18 bits per heavy atom. The molecule has 28 heavy (non-hydrogen) atoms. The molecule has 1 aliphatic heterocycles. The summed E-state index contributed by atoms with van der Waals surface area (Å²) >= 11 is 0. The average molecular weight is 377 g/mol. The van der Waals surface area contributed by atoms with Gasteiger partial charge in [0, 0.05) is 17.6 Å². The second kappa shape index (κ2) is 8.15. The summed E-state index contributed by atoms with van der Waals surface area (Å²) in [5.41, 5.74) is 4.06. The molecule has 1 N–H and O–H groups in total. The van der Waals surface area contributed by atoms with Gasteiger partial charge in [0.25, 0.3) is 0 Å². The number of benzene rings is 1. The molecule has 0 aliphatic carbocycles. The Bertz CT molecular complexity index is 959. The van der Waals surface area contributed by atoms with Crippen LogP contribution in [-0.2, 0) is 11.2 Å². The topological polar surface area (TPSA) is 58.4 Å². The van der Waals surface area contributed by atoms with Crippen LogP contribution in [0.2, 0.25) is 0 Å². The Morgan fingerprint density at radius 3 is 2.71 bits per heavy atom. The molecule has 5 nitrogen and oxygen atoms in total. The monoisotopic (exact) mass is 377 g/mol. The molecule has 0 spiro atoms. The Hall–Kier alpha value is -2.66. The number of hydrogen-bond acceptors (Lipinski definition) is 4. The average Bonchev–Trinajstić information content (AvgIpc) is 3.40. The SMILES string of the molecule is Cc1nc2ccccc2c(C)c1CC(=O)NCC(c1ccco1)N1CCCC1. The van der Waals surface area contributed by atoms with Crippen molar-refractivity contribution in [1.29, 1.82) is 0 Å². The van der Waals surface area contributed by atoms with Crippen LogP contribution in [0.5, 0.6) is 0 Å². The van der Waals surface area contributed by atoms with Gasteiger partial charge in [0.1, 0.15) is 5.76 Å². The van der Waals surface area contributed by atoms with Crippen molar-refractivity contribution < 1.29 is 9.21 Å². The number of aromatic nitrogens is 1. The molecule has 1 fully saturated rings. The first-order chi connectivity index (χ1) is 13.6. The third-order valence-corrected chi connectivity index (χ3v) is 5.77.